The quantitative estimate of drug-likeness (QED) is 0.490. The van der Waals surface area contributed by atoms with Gasteiger partial charge in [0.2, 0.25) is 5.91 Å². The van der Waals surface area contributed by atoms with Crippen LogP contribution in [0.5, 0.6) is 5.75 Å². The van der Waals surface area contributed by atoms with Gasteiger partial charge in [0.25, 0.3) is 5.91 Å². The predicted octanol–water partition coefficient (Wildman–Crippen LogP) is 4.76. The highest BCUT2D eigenvalue weighted by Gasteiger charge is 2.30. The molecule has 2 amide bonds. The molecule has 0 spiro atoms. The third-order valence-corrected chi connectivity index (χ3v) is 5.61. The van der Waals surface area contributed by atoms with Crippen LogP contribution < -0.4 is 10.1 Å². The normalized spacial score (nSPS) is 11.5. The van der Waals surface area contributed by atoms with E-state index in [0.717, 1.165) is 11.1 Å². The monoisotopic (exact) mass is 470 g/mol. The summed E-state index contributed by atoms with van der Waals surface area (Å²) < 4.78 is 5.67. The smallest absolute Gasteiger partial charge is 0.261 e. The van der Waals surface area contributed by atoms with Crippen LogP contribution in [0.3, 0.4) is 0 Å². The second-order valence-corrected chi connectivity index (χ2v) is 8.02. The van der Waals surface area contributed by atoms with E-state index in [-0.39, 0.29) is 25.0 Å². The maximum Gasteiger partial charge on any atom is 0.261 e. The minimum Gasteiger partial charge on any atom is -0.484 e. The summed E-state index contributed by atoms with van der Waals surface area (Å²) in [5, 5.41) is 3.78. The van der Waals surface area contributed by atoms with Crippen molar-refractivity contribution in [2.75, 3.05) is 13.7 Å². The van der Waals surface area contributed by atoms with Crippen LogP contribution in [-0.2, 0) is 22.6 Å². The molecule has 1 atom stereocenters. The van der Waals surface area contributed by atoms with Gasteiger partial charge in [-0.25, -0.2) is 0 Å². The molecule has 1 N–H and O–H groups in total. The molecule has 3 aromatic rings. The number of likely N-dealkylation sites (N-methyl/N-ethyl adjacent to an activating group) is 1. The fourth-order valence-electron chi connectivity index (χ4n) is 3.29. The van der Waals surface area contributed by atoms with Gasteiger partial charge in [0.15, 0.2) is 6.61 Å². The van der Waals surface area contributed by atoms with E-state index in [9.17, 15) is 9.59 Å². The standard InChI is InChI=1S/C25H24Cl2N2O3/c1-28-25(31)23(15-18-7-3-2-4-8-18)29(16-19-9-5-6-10-22(19)27)24(30)17-32-21-13-11-20(26)12-14-21/h2-14,23H,15-17H2,1H3,(H,28,31). The van der Waals surface area contributed by atoms with Crippen molar-refractivity contribution in [3.63, 3.8) is 0 Å². The van der Waals surface area contributed by atoms with Crippen LogP contribution in [0.4, 0.5) is 0 Å². The van der Waals surface area contributed by atoms with Gasteiger partial charge in [-0.1, -0.05) is 71.7 Å². The number of ether oxygens (including phenoxy) is 1. The molecule has 32 heavy (non-hydrogen) atoms. The second-order valence-electron chi connectivity index (χ2n) is 7.18. The van der Waals surface area contributed by atoms with Crippen molar-refractivity contribution in [3.8, 4) is 5.75 Å². The number of nitrogens with zero attached hydrogens (tertiary/aromatic N) is 1. The van der Waals surface area contributed by atoms with Gasteiger partial charge in [0.1, 0.15) is 11.8 Å². The van der Waals surface area contributed by atoms with Gasteiger partial charge in [-0.2, -0.15) is 0 Å². The Kier molecular flexibility index (Phi) is 8.54. The molecule has 0 fully saturated rings. The van der Waals surface area contributed by atoms with Crippen molar-refractivity contribution in [2.45, 2.75) is 19.0 Å². The molecule has 7 heteroatoms. The Bertz CT molecular complexity index is 1040. The number of carbonyl (C=O) groups excluding carboxylic acids is 2. The lowest BCUT2D eigenvalue weighted by Gasteiger charge is -2.31. The highest BCUT2D eigenvalue weighted by Crippen LogP contribution is 2.21. The molecule has 0 aromatic heterocycles. The maximum atomic E-state index is 13.3. The van der Waals surface area contributed by atoms with E-state index in [0.29, 0.717) is 22.2 Å². The van der Waals surface area contributed by atoms with Gasteiger partial charge in [0, 0.05) is 30.1 Å². The largest absolute Gasteiger partial charge is 0.484 e. The van der Waals surface area contributed by atoms with Crippen LogP contribution in [0.2, 0.25) is 10.0 Å². The zero-order chi connectivity index (χ0) is 22.9. The van der Waals surface area contributed by atoms with E-state index in [2.05, 4.69) is 5.32 Å². The van der Waals surface area contributed by atoms with Gasteiger partial charge in [-0.15, -0.1) is 0 Å². The first kappa shape index (κ1) is 23.6. The first-order valence-electron chi connectivity index (χ1n) is 10.1. The number of halogens is 2. The molecule has 5 nitrogen and oxygen atoms in total. The summed E-state index contributed by atoms with van der Waals surface area (Å²) in [6.07, 6.45) is 0.359. The minimum absolute atomic E-state index is 0.174. The van der Waals surface area contributed by atoms with E-state index in [4.69, 9.17) is 27.9 Å². The van der Waals surface area contributed by atoms with Crippen molar-refractivity contribution in [1.82, 2.24) is 10.2 Å². The summed E-state index contributed by atoms with van der Waals surface area (Å²) in [4.78, 5) is 27.7. The number of amides is 2. The molecule has 3 rings (SSSR count). The lowest BCUT2D eigenvalue weighted by atomic mass is 10.0. The van der Waals surface area contributed by atoms with Crippen molar-refractivity contribution in [3.05, 3.63) is 100 Å². The van der Waals surface area contributed by atoms with Crippen LogP contribution in [-0.4, -0.2) is 36.4 Å². The van der Waals surface area contributed by atoms with E-state index in [1.165, 1.54) is 4.90 Å². The summed E-state index contributed by atoms with van der Waals surface area (Å²) in [5.74, 6) is -0.0786. The molecule has 0 aliphatic heterocycles. The number of rotatable bonds is 9. The molecular weight excluding hydrogens is 447 g/mol. The van der Waals surface area contributed by atoms with Gasteiger partial charge in [-0.05, 0) is 41.5 Å². The van der Waals surface area contributed by atoms with Crippen LogP contribution in [0.25, 0.3) is 0 Å². The first-order valence-corrected chi connectivity index (χ1v) is 10.9. The van der Waals surface area contributed by atoms with Crippen LogP contribution in [0.15, 0.2) is 78.9 Å². The van der Waals surface area contributed by atoms with Crippen LogP contribution in [0.1, 0.15) is 11.1 Å². The Balaban J connectivity index is 1.87. The van der Waals surface area contributed by atoms with Gasteiger partial charge < -0.3 is 15.0 Å². The highest BCUT2D eigenvalue weighted by atomic mass is 35.5. The zero-order valence-electron chi connectivity index (χ0n) is 17.6. The molecule has 0 saturated heterocycles. The molecule has 0 bridgehead atoms. The Labute approximate surface area is 197 Å². The van der Waals surface area contributed by atoms with Crippen LogP contribution >= 0.6 is 23.2 Å². The lowest BCUT2D eigenvalue weighted by Crippen LogP contribution is -2.51. The average molecular weight is 471 g/mol. The Morgan fingerprint density at radius 2 is 1.59 bits per heavy atom. The molecule has 0 aliphatic carbocycles. The number of benzene rings is 3. The molecule has 0 heterocycles. The summed E-state index contributed by atoms with van der Waals surface area (Å²) in [6, 6.07) is 22.9. The fraction of sp³-hybridized carbons (Fsp3) is 0.200. The summed E-state index contributed by atoms with van der Waals surface area (Å²) in [6.45, 7) is -0.0538. The van der Waals surface area contributed by atoms with Crippen LogP contribution in [0, 0.1) is 0 Å². The third kappa shape index (κ3) is 6.49. The average Bonchev–Trinajstić information content (AvgIpc) is 2.82. The first-order chi connectivity index (χ1) is 15.5. The fourth-order valence-corrected chi connectivity index (χ4v) is 3.61. The summed E-state index contributed by atoms with van der Waals surface area (Å²) in [7, 11) is 1.56. The molecular formula is C25H24Cl2N2O3. The highest BCUT2D eigenvalue weighted by molar-refractivity contribution is 6.31. The Morgan fingerprint density at radius 3 is 2.25 bits per heavy atom. The molecule has 0 aliphatic rings. The van der Waals surface area contributed by atoms with Crippen molar-refractivity contribution < 1.29 is 14.3 Å². The zero-order valence-corrected chi connectivity index (χ0v) is 19.1. The topological polar surface area (TPSA) is 58.6 Å². The summed E-state index contributed by atoms with van der Waals surface area (Å²) >= 11 is 12.3. The van der Waals surface area contributed by atoms with Crippen molar-refractivity contribution >= 4 is 35.0 Å². The van der Waals surface area contributed by atoms with Gasteiger partial charge >= 0.3 is 0 Å². The number of hydrogen-bond donors (Lipinski definition) is 1. The maximum absolute atomic E-state index is 13.3. The van der Waals surface area contributed by atoms with Crippen molar-refractivity contribution in [2.24, 2.45) is 0 Å². The minimum atomic E-state index is -0.736. The van der Waals surface area contributed by atoms with E-state index < -0.39 is 6.04 Å². The second kappa shape index (κ2) is 11.6. The lowest BCUT2D eigenvalue weighted by molar-refractivity contribution is -0.142. The molecule has 1 unspecified atom stereocenters. The third-order valence-electron chi connectivity index (χ3n) is 4.99. The molecule has 0 radical (unpaired) electrons. The van der Waals surface area contributed by atoms with E-state index in [1.807, 2.05) is 48.5 Å². The number of carbonyl (C=O) groups is 2. The van der Waals surface area contributed by atoms with E-state index in [1.54, 1.807) is 37.4 Å². The van der Waals surface area contributed by atoms with Gasteiger partial charge in [-0.3, -0.25) is 9.59 Å². The van der Waals surface area contributed by atoms with Gasteiger partial charge in [0.05, 0.1) is 0 Å². The summed E-state index contributed by atoms with van der Waals surface area (Å²) in [5.41, 5.74) is 1.69. The molecule has 3 aromatic carbocycles. The Morgan fingerprint density at radius 1 is 0.938 bits per heavy atom. The number of hydrogen-bond acceptors (Lipinski definition) is 3. The predicted molar refractivity (Wildman–Crippen MR) is 127 cm³/mol. The molecule has 0 saturated carbocycles. The van der Waals surface area contributed by atoms with E-state index >= 15 is 0 Å². The SMILES string of the molecule is CNC(=O)C(Cc1ccccc1)N(Cc1ccccc1Cl)C(=O)COc1ccc(Cl)cc1. The Hall–Kier alpha value is -3.02. The molecule has 166 valence electrons. The van der Waals surface area contributed by atoms with Crippen molar-refractivity contribution in [1.29, 1.82) is 0 Å². The number of nitrogens with one attached hydrogen (secondary N) is 1.